The second-order valence-corrected chi connectivity index (χ2v) is 30.1. The topological polar surface area (TPSA) is 237 Å². The normalized spacial score (nSPS) is 15.1. The Labute approximate surface area is 556 Å². The molecule has 0 aliphatic carbocycles. The van der Waals surface area contributed by atoms with Crippen LogP contribution in [0.3, 0.4) is 0 Å². The van der Waals surface area contributed by atoms with Gasteiger partial charge in [-0.25, -0.2) is 9.13 Å². The standard InChI is InChI=1S/C72H140O17P2/c1-9-63(6)49-41-33-25-21-18-19-23-27-38-46-54-71(76)88-67(58-82-69(74)52-44-36-26-22-17-15-13-12-14-16-20-24-32-40-48-62(4)5)60-86-90(78,79)84-56-66(73)57-85-91(80,81)87-61-68(89-72(77)55-47-39-31-29-35-43-51-65(8)11-3)59-83-70(75)53-45-37-30-28-34-42-50-64(7)10-2/h62-68,73H,9-61H2,1-8H3,(H,78,79)(H,80,81)/t63?,64?,65?,66-,67-,68-/m1/s1. The fraction of sp³-hybridized carbons (Fsp3) is 0.944. The van der Waals surface area contributed by atoms with Crippen LogP contribution in [0, 0.1) is 23.7 Å². The van der Waals surface area contributed by atoms with Crippen molar-refractivity contribution in [3.8, 4) is 0 Å². The molecule has 0 heterocycles. The van der Waals surface area contributed by atoms with Gasteiger partial charge in [-0.15, -0.1) is 0 Å². The lowest BCUT2D eigenvalue weighted by atomic mass is 9.99. The molecule has 3 N–H and O–H groups in total. The van der Waals surface area contributed by atoms with Gasteiger partial charge in [0.25, 0.3) is 0 Å². The molecule has 540 valence electrons. The summed E-state index contributed by atoms with van der Waals surface area (Å²) in [6.45, 7) is 14.1. The third-order valence-electron chi connectivity index (χ3n) is 17.7. The van der Waals surface area contributed by atoms with Gasteiger partial charge in [-0.3, -0.25) is 37.3 Å². The molecule has 0 bridgehead atoms. The summed E-state index contributed by atoms with van der Waals surface area (Å²) in [5.74, 6) is 0.923. The Morgan fingerprint density at radius 2 is 0.527 bits per heavy atom. The van der Waals surface area contributed by atoms with Crippen LogP contribution in [0.15, 0.2) is 0 Å². The number of carbonyl (C=O) groups excluding carboxylic acids is 4. The molecule has 5 unspecified atom stereocenters. The van der Waals surface area contributed by atoms with Crippen LogP contribution in [0.4, 0.5) is 0 Å². The van der Waals surface area contributed by atoms with E-state index < -0.39 is 97.5 Å². The van der Waals surface area contributed by atoms with Gasteiger partial charge in [0, 0.05) is 25.7 Å². The number of aliphatic hydroxyl groups excluding tert-OH is 1. The summed E-state index contributed by atoms with van der Waals surface area (Å²) in [6, 6.07) is 0. The molecule has 0 radical (unpaired) electrons. The summed E-state index contributed by atoms with van der Waals surface area (Å²) in [5.41, 5.74) is 0. The van der Waals surface area contributed by atoms with E-state index in [1.165, 1.54) is 154 Å². The highest BCUT2D eigenvalue weighted by molar-refractivity contribution is 7.47. The lowest BCUT2D eigenvalue weighted by Gasteiger charge is -2.21. The zero-order valence-electron chi connectivity index (χ0n) is 59.5. The first kappa shape index (κ1) is 89.1. The van der Waals surface area contributed by atoms with Crippen molar-refractivity contribution in [2.24, 2.45) is 23.7 Å². The Kier molecular flexibility index (Phi) is 60.3. The number of hydrogen-bond acceptors (Lipinski definition) is 15. The summed E-state index contributed by atoms with van der Waals surface area (Å²) in [6.07, 6.45) is 44.4. The van der Waals surface area contributed by atoms with Crippen molar-refractivity contribution >= 4 is 39.5 Å². The summed E-state index contributed by atoms with van der Waals surface area (Å²) in [5, 5.41) is 10.6. The van der Waals surface area contributed by atoms with Gasteiger partial charge in [0.2, 0.25) is 0 Å². The van der Waals surface area contributed by atoms with Gasteiger partial charge >= 0.3 is 39.5 Å². The number of phosphoric ester groups is 2. The number of phosphoric acid groups is 2. The van der Waals surface area contributed by atoms with Crippen molar-refractivity contribution in [2.75, 3.05) is 39.6 Å². The average molecular weight is 1340 g/mol. The number of hydrogen-bond donors (Lipinski definition) is 3. The molecule has 0 rings (SSSR count). The van der Waals surface area contributed by atoms with Crippen LogP contribution in [0.1, 0.15) is 357 Å². The van der Waals surface area contributed by atoms with E-state index in [4.69, 9.17) is 37.0 Å². The molecular weight excluding hydrogens is 1200 g/mol. The van der Waals surface area contributed by atoms with E-state index in [9.17, 15) is 43.2 Å². The SMILES string of the molecule is CCC(C)CCCCCCCCCCCCC(=O)O[C@H](COC(=O)CCCCCCCCCCCCCCCCC(C)C)COP(=O)(O)OC[C@@H](O)COP(=O)(O)OC[C@@H](COC(=O)CCCCCCCCC(C)CC)OC(=O)CCCCCCCCC(C)CC. The van der Waals surface area contributed by atoms with Crippen molar-refractivity contribution in [2.45, 2.75) is 375 Å². The Hall–Kier alpha value is -1.94. The molecule has 19 heteroatoms. The molecule has 0 aromatic heterocycles. The molecular formula is C72H140O17P2. The molecule has 0 aromatic carbocycles. The van der Waals surface area contributed by atoms with Gasteiger partial charge in [0.1, 0.15) is 19.3 Å². The summed E-state index contributed by atoms with van der Waals surface area (Å²) < 4.78 is 68.3. The first-order valence-electron chi connectivity index (χ1n) is 37.3. The predicted octanol–water partition coefficient (Wildman–Crippen LogP) is 20.5. The maximum Gasteiger partial charge on any atom is 0.472 e. The monoisotopic (exact) mass is 1340 g/mol. The third kappa shape index (κ3) is 62.6. The quantitative estimate of drug-likeness (QED) is 0.0222. The van der Waals surface area contributed by atoms with Crippen LogP contribution in [0.25, 0.3) is 0 Å². The molecule has 8 atom stereocenters. The molecule has 0 saturated heterocycles. The van der Waals surface area contributed by atoms with Crippen molar-refractivity contribution < 1.29 is 80.2 Å². The van der Waals surface area contributed by atoms with Crippen LogP contribution in [-0.4, -0.2) is 96.7 Å². The fourth-order valence-electron chi connectivity index (χ4n) is 10.7. The highest BCUT2D eigenvalue weighted by Crippen LogP contribution is 2.45. The lowest BCUT2D eigenvalue weighted by Crippen LogP contribution is -2.30. The van der Waals surface area contributed by atoms with Crippen LogP contribution in [-0.2, 0) is 65.4 Å². The molecule has 0 aromatic rings. The van der Waals surface area contributed by atoms with Crippen molar-refractivity contribution in [1.29, 1.82) is 0 Å². The number of unbranched alkanes of at least 4 members (excludes halogenated alkanes) is 32. The first-order chi connectivity index (χ1) is 43.7. The average Bonchev–Trinajstić information content (AvgIpc) is 2.65. The number of ether oxygens (including phenoxy) is 4. The third-order valence-corrected chi connectivity index (χ3v) is 19.6. The minimum Gasteiger partial charge on any atom is -0.462 e. The first-order valence-corrected chi connectivity index (χ1v) is 40.3. The van der Waals surface area contributed by atoms with E-state index in [1.807, 2.05) is 0 Å². The second-order valence-electron chi connectivity index (χ2n) is 27.2. The fourth-order valence-corrected chi connectivity index (χ4v) is 12.3. The molecule has 0 spiro atoms. The molecule has 0 saturated carbocycles. The van der Waals surface area contributed by atoms with Gasteiger partial charge in [0.05, 0.1) is 26.4 Å². The molecule has 0 fully saturated rings. The second kappa shape index (κ2) is 61.6. The Bertz CT molecular complexity index is 1800. The number of carbonyl (C=O) groups is 4. The molecule has 0 aliphatic heterocycles. The number of aliphatic hydroxyl groups is 1. The molecule has 0 amide bonds. The van der Waals surface area contributed by atoms with E-state index in [1.54, 1.807) is 0 Å². The Morgan fingerprint density at radius 1 is 0.308 bits per heavy atom. The number of esters is 4. The smallest absolute Gasteiger partial charge is 0.462 e. The number of rotatable bonds is 69. The minimum atomic E-state index is -4.96. The molecule has 91 heavy (non-hydrogen) atoms. The van der Waals surface area contributed by atoms with E-state index in [0.29, 0.717) is 25.7 Å². The summed E-state index contributed by atoms with van der Waals surface area (Å²) >= 11 is 0. The van der Waals surface area contributed by atoms with Gasteiger partial charge in [-0.05, 0) is 49.4 Å². The summed E-state index contributed by atoms with van der Waals surface area (Å²) in [7, 11) is -9.91. The summed E-state index contributed by atoms with van der Waals surface area (Å²) in [4.78, 5) is 72.6. The van der Waals surface area contributed by atoms with Crippen LogP contribution in [0.2, 0.25) is 0 Å². The highest BCUT2D eigenvalue weighted by atomic mass is 31.2. The van der Waals surface area contributed by atoms with Crippen molar-refractivity contribution in [3.05, 3.63) is 0 Å². The van der Waals surface area contributed by atoms with E-state index >= 15 is 0 Å². The van der Waals surface area contributed by atoms with Gasteiger partial charge in [-0.2, -0.15) is 0 Å². The van der Waals surface area contributed by atoms with Crippen LogP contribution < -0.4 is 0 Å². The minimum absolute atomic E-state index is 0.102. The maximum absolute atomic E-state index is 13.0. The molecule has 0 aliphatic rings. The zero-order valence-corrected chi connectivity index (χ0v) is 61.3. The van der Waals surface area contributed by atoms with Gasteiger partial charge < -0.3 is 33.8 Å². The van der Waals surface area contributed by atoms with Crippen molar-refractivity contribution in [3.63, 3.8) is 0 Å². The van der Waals surface area contributed by atoms with E-state index in [2.05, 4.69) is 55.4 Å². The van der Waals surface area contributed by atoms with Crippen LogP contribution >= 0.6 is 15.6 Å². The molecule has 17 nitrogen and oxygen atoms in total. The Balaban J connectivity index is 5.24. The van der Waals surface area contributed by atoms with Crippen LogP contribution in [0.5, 0.6) is 0 Å². The zero-order chi connectivity index (χ0) is 67.5. The van der Waals surface area contributed by atoms with E-state index in [0.717, 1.165) is 120 Å². The van der Waals surface area contributed by atoms with Gasteiger partial charge in [0.15, 0.2) is 12.2 Å². The van der Waals surface area contributed by atoms with E-state index in [-0.39, 0.29) is 25.7 Å². The van der Waals surface area contributed by atoms with Crippen molar-refractivity contribution in [1.82, 2.24) is 0 Å². The largest absolute Gasteiger partial charge is 0.472 e. The van der Waals surface area contributed by atoms with Gasteiger partial charge in [-0.1, -0.05) is 306 Å². The Morgan fingerprint density at radius 3 is 0.780 bits per heavy atom. The predicted molar refractivity (Wildman–Crippen MR) is 367 cm³/mol. The maximum atomic E-state index is 13.0. The highest BCUT2D eigenvalue weighted by Gasteiger charge is 2.30. The lowest BCUT2D eigenvalue weighted by molar-refractivity contribution is -0.161.